The maximum Gasteiger partial charge on any atom is 0.318 e. The normalized spacial score (nSPS) is 17.2. The molecule has 0 bridgehead atoms. The van der Waals surface area contributed by atoms with Crippen LogP contribution in [-0.4, -0.2) is 19.0 Å². The van der Waals surface area contributed by atoms with E-state index < -0.39 is 11.9 Å². The van der Waals surface area contributed by atoms with Crippen LogP contribution in [0.15, 0.2) is 18.2 Å². The van der Waals surface area contributed by atoms with E-state index in [1.807, 2.05) is 6.92 Å². The van der Waals surface area contributed by atoms with Gasteiger partial charge in [-0.3, -0.25) is 9.59 Å². The summed E-state index contributed by atoms with van der Waals surface area (Å²) in [7, 11) is 1.34. The van der Waals surface area contributed by atoms with Crippen molar-refractivity contribution in [1.82, 2.24) is 0 Å². The van der Waals surface area contributed by atoms with Gasteiger partial charge >= 0.3 is 5.97 Å². The summed E-state index contributed by atoms with van der Waals surface area (Å²) in [5.74, 6) is -1.45. The first-order valence-electron chi connectivity index (χ1n) is 8.18. The van der Waals surface area contributed by atoms with Crippen molar-refractivity contribution in [2.75, 3.05) is 12.4 Å². The molecule has 0 aromatic heterocycles. The number of rotatable bonds is 4. The molecule has 23 heavy (non-hydrogen) atoms. The van der Waals surface area contributed by atoms with Crippen LogP contribution < -0.4 is 5.32 Å². The minimum absolute atomic E-state index is 0.0458. The van der Waals surface area contributed by atoms with Crippen LogP contribution in [0.1, 0.15) is 44.1 Å². The zero-order chi connectivity index (χ0) is 16.8. The van der Waals surface area contributed by atoms with Crippen molar-refractivity contribution in [2.45, 2.75) is 45.4 Å². The minimum Gasteiger partial charge on any atom is -0.468 e. The third kappa shape index (κ3) is 4.47. The summed E-state index contributed by atoms with van der Waals surface area (Å²) in [5.41, 5.74) is 1.44. The van der Waals surface area contributed by atoms with Gasteiger partial charge in [-0.05, 0) is 43.4 Å². The van der Waals surface area contributed by atoms with Crippen molar-refractivity contribution in [3.63, 3.8) is 0 Å². The van der Waals surface area contributed by atoms with Crippen LogP contribution >= 0.6 is 11.6 Å². The lowest BCUT2D eigenvalue weighted by Gasteiger charge is -2.23. The molecule has 1 aliphatic rings. The molecule has 0 spiro atoms. The van der Waals surface area contributed by atoms with Gasteiger partial charge in [0.25, 0.3) is 0 Å². The average Bonchev–Trinajstić information content (AvgIpc) is 2.81. The SMILES string of the molecule is COC(=O)[C@H](C(=O)Nc1cccc(Cl)c1C)C1CCCCCC1. The van der Waals surface area contributed by atoms with Crippen molar-refractivity contribution in [3.8, 4) is 0 Å². The van der Waals surface area contributed by atoms with Gasteiger partial charge in [-0.15, -0.1) is 0 Å². The maximum absolute atomic E-state index is 12.7. The van der Waals surface area contributed by atoms with E-state index in [0.717, 1.165) is 31.2 Å². The topological polar surface area (TPSA) is 55.4 Å². The van der Waals surface area contributed by atoms with Gasteiger partial charge < -0.3 is 10.1 Å². The monoisotopic (exact) mass is 337 g/mol. The number of nitrogens with one attached hydrogen (secondary N) is 1. The molecular formula is C18H24ClNO3. The first-order valence-corrected chi connectivity index (χ1v) is 8.56. The predicted molar refractivity (Wildman–Crippen MR) is 91.5 cm³/mol. The molecule has 5 heteroatoms. The number of methoxy groups -OCH3 is 1. The quantitative estimate of drug-likeness (QED) is 0.505. The van der Waals surface area contributed by atoms with Gasteiger partial charge in [0.1, 0.15) is 5.92 Å². The second kappa shape index (κ2) is 8.34. The van der Waals surface area contributed by atoms with Gasteiger partial charge in [-0.25, -0.2) is 0 Å². The van der Waals surface area contributed by atoms with Gasteiger partial charge in [-0.1, -0.05) is 43.4 Å². The summed E-state index contributed by atoms with van der Waals surface area (Å²) in [4.78, 5) is 24.9. The number of ether oxygens (including phenoxy) is 1. The number of anilines is 1. The molecule has 1 saturated carbocycles. The Hall–Kier alpha value is -1.55. The first kappa shape index (κ1) is 17.8. The fraction of sp³-hybridized carbons (Fsp3) is 0.556. The van der Waals surface area contributed by atoms with Gasteiger partial charge in [0.2, 0.25) is 5.91 Å². The highest BCUT2D eigenvalue weighted by atomic mass is 35.5. The third-order valence-electron chi connectivity index (χ3n) is 4.63. The van der Waals surface area contributed by atoms with Crippen molar-refractivity contribution in [1.29, 1.82) is 0 Å². The Balaban J connectivity index is 2.19. The van der Waals surface area contributed by atoms with Crippen LogP contribution in [0, 0.1) is 18.8 Å². The number of hydrogen-bond acceptors (Lipinski definition) is 3. The number of hydrogen-bond donors (Lipinski definition) is 1. The number of benzene rings is 1. The molecule has 0 radical (unpaired) electrons. The standard InChI is InChI=1S/C18H24ClNO3/c1-12-14(19)10-7-11-15(12)20-17(21)16(18(22)23-2)13-8-5-3-4-6-9-13/h7,10-11,13,16H,3-6,8-9H2,1-2H3,(H,20,21)/t16-/m0/s1. The van der Waals surface area contributed by atoms with E-state index in [-0.39, 0.29) is 11.8 Å². The van der Waals surface area contributed by atoms with Crippen molar-refractivity contribution >= 4 is 29.2 Å². The van der Waals surface area contributed by atoms with Crippen molar-refractivity contribution < 1.29 is 14.3 Å². The Morgan fingerprint density at radius 1 is 1.22 bits per heavy atom. The summed E-state index contributed by atoms with van der Waals surface area (Å²) in [5, 5.41) is 3.45. The highest BCUT2D eigenvalue weighted by molar-refractivity contribution is 6.31. The number of carbonyl (C=O) groups excluding carboxylic acids is 2. The van der Waals surface area contributed by atoms with E-state index in [4.69, 9.17) is 16.3 Å². The van der Waals surface area contributed by atoms with E-state index in [0.29, 0.717) is 10.7 Å². The zero-order valence-electron chi connectivity index (χ0n) is 13.7. The summed E-state index contributed by atoms with van der Waals surface area (Å²) >= 11 is 6.09. The molecular weight excluding hydrogens is 314 g/mol. The molecule has 1 aromatic rings. The molecule has 0 heterocycles. The predicted octanol–water partition coefficient (Wildman–Crippen LogP) is 4.35. The molecule has 1 aliphatic carbocycles. The third-order valence-corrected chi connectivity index (χ3v) is 5.04. The van der Waals surface area contributed by atoms with E-state index in [1.54, 1.807) is 18.2 Å². The van der Waals surface area contributed by atoms with Crippen LogP contribution in [-0.2, 0) is 14.3 Å². The lowest BCUT2D eigenvalue weighted by atomic mass is 9.85. The van der Waals surface area contributed by atoms with Crippen LogP contribution in [0.3, 0.4) is 0 Å². The number of esters is 1. The first-order chi connectivity index (χ1) is 11.0. The van der Waals surface area contributed by atoms with Crippen LogP contribution in [0.25, 0.3) is 0 Å². The highest BCUT2D eigenvalue weighted by Crippen LogP contribution is 2.31. The largest absolute Gasteiger partial charge is 0.468 e. The molecule has 1 amide bonds. The van der Waals surface area contributed by atoms with Gasteiger partial charge in [0.05, 0.1) is 7.11 Å². The Morgan fingerprint density at radius 3 is 2.48 bits per heavy atom. The number of amides is 1. The number of carbonyl (C=O) groups is 2. The molecule has 126 valence electrons. The molecule has 0 aliphatic heterocycles. The summed E-state index contributed by atoms with van der Waals surface area (Å²) in [6.45, 7) is 1.84. The molecule has 0 saturated heterocycles. The van der Waals surface area contributed by atoms with Gasteiger partial charge in [-0.2, -0.15) is 0 Å². The Kier molecular flexibility index (Phi) is 6.46. The van der Waals surface area contributed by atoms with Crippen LogP contribution in [0.5, 0.6) is 0 Å². The van der Waals surface area contributed by atoms with Crippen molar-refractivity contribution in [3.05, 3.63) is 28.8 Å². The second-order valence-electron chi connectivity index (χ2n) is 6.15. The minimum atomic E-state index is -0.753. The van der Waals surface area contributed by atoms with E-state index in [1.165, 1.54) is 20.0 Å². The molecule has 1 aromatic carbocycles. The average molecular weight is 338 g/mol. The lowest BCUT2D eigenvalue weighted by molar-refractivity contribution is -0.151. The van der Waals surface area contributed by atoms with E-state index >= 15 is 0 Å². The molecule has 1 N–H and O–H groups in total. The molecule has 2 rings (SSSR count). The summed E-state index contributed by atoms with van der Waals surface area (Å²) < 4.78 is 4.89. The maximum atomic E-state index is 12.7. The van der Waals surface area contributed by atoms with E-state index in [2.05, 4.69) is 5.32 Å². The molecule has 4 nitrogen and oxygen atoms in total. The molecule has 1 fully saturated rings. The van der Waals surface area contributed by atoms with Crippen molar-refractivity contribution in [2.24, 2.45) is 11.8 Å². The lowest BCUT2D eigenvalue weighted by Crippen LogP contribution is -2.36. The fourth-order valence-corrected chi connectivity index (χ4v) is 3.41. The summed E-state index contributed by atoms with van der Waals surface area (Å²) in [6.07, 6.45) is 6.23. The smallest absolute Gasteiger partial charge is 0.318 e. The zero-order valence-corrected chi connectivity index (χ0v) is 14.5. The van der Waals surface area contributed by atoms with Gasteiger partial charge in [0, 0.05) is 10.7 Å². The highest BCUT2D eigenvalue weighted by Gasteiger charge is 2.36. The fourth-order valence-electron chi connectivity index (χ4n) is 3.24. The Morgan fingerprint density at radius 2 is 1.87 bits per heavy atom. The van der Waals surface area contributed by atoms with Gasteiger partial charge in [0.15, 0.2) is 0 Å². The van der Waals surface area contributed by atoms with Crippen LogP contribution in [0.4, 0.5) is 5.69 Å². The Bertz CT molecular complexity index is 565. The molecule has 0 unspecified atom stereocenters. The Labute approximate surface area is 142 Å². The van der Waals surface area contributed by atoms with Crippen LogP contribution in [0.2, 0.25) is 5.02 Å². The summed E-state index contributed by atoms with van der Waals surface area (Å²) in [6, 6.07) is 5.35. The van der Waals surface area contributed by atoms with E-state index in [9.17, 15) is 9.59 Å². The second-order valence-corrected chi connectivity index (χ2v) is 6.56. The molecule has 1 atom stereocenters. The number of halogens is 1.